The molecule has 6 aromatic rings. The Bertz CT molecular complexity index is 2880. The minimum Gasteiger partial charge on any atom is -0.494 e. The van der Waals surface area contributed by atoms with Crippen LogP contribution >= 0.6 is 0 Å². The number of aromatic nitrogens is 5. The molecule has 17 nitrogen and oxygen atoms in total. The number of fused-ring (bicyclic) bond motifs is 1. The number of benzene rings is 3. The van der Waals surface area contributed by atoms with Gasteiger partial charge in [-0.25, -0.2) is 26.8 Å². The number of rotatable bonds is 15. The monoisotopic (exact) mass is 900 g/mol. The summed E-state index contributed by atoms with van der Waals surface area (Å²) < 4.78 is 125. The van der Waals surface area contributed by atoms with Crippen LogP contribution in [0.1, 0.15) is 42.4 Å². The van der Waals surface area contributed by atoms with Crippen molar-refractivity contribution in [3.63, 3.8) is 0 Å². The maximum atomic E-state index is 14.9. The van der Waals surface area contributed by atoms with Crippen LogP contribution < -0.4 is 33.7 Å². The molecule has 0 radical (unpaired) electrons. The van der Waals surface area contributed by atoms with Gasteiger partial charge in [-0.3, -0.25) is 14.2 Å². The Labute approximate surface area is 355 Å². The van der Waals surface area contributed by atoms with Crippen LogP contribution in [-0.4, -0.2) is 80.2 Å². The van der Waals surface area contributed by atoms with Crippen LogP contribution in [0.2, 0.25) is 0 Å². The number of carbonyl (C=O) groups excluding carboxylic acids is 1. The number of carbonyl (C=O) groups is 1. The minimum atomic E-state index is -4.99. The van der Waals surface area contributed by atoms with Crippen molar-refractivity contribution in [2.75, 3.05) is 48.1 Å². The van der Waals surface area contributed by atoms with Gasteiger partial charge in [-0.1, -0.05) is 32.9 Å². The number of methoxy groups -OCH3 is 2. The van der Waals surface area contributed by atoms with E-state index in [9.17, 15) is 34.8 Å². The summed E-state index contributed by atoms with van der Waals surface area (Å²) in [7, 11) is -4.14. The lowest BCUT2D eigenvalue weighted by molar-refractivity contribution is -0.137. The van der Waals surface area contributed by atoms with Gasteiger partial charge in [0.25, 0.3) is 5.91 Å². The first-order valence-electron chi connectivity index (χ1n) is 18.5. The zero-order valence-electron chi connectivity index (χ0n) is 34.7. The predicted octanol–water partition coefficient (Wildman–Crippen LogP) is 7.03. The second-order valence-corrected chi connectivity index (χ2v) is 18.5. The average Bonchev–Trinajstić information content (AvgIpc) is 3.79. The van der Waals surface area contributed by atoms with Crippen LogP contribution in [0.15, 0.2) is 73.4 Å². The third-order valence-corrected chi connectivity index (χ3v) is 10.4. The molecule has 0 aliphatic rings. The van der Waals surface area contributed by atoms with Gasteiger partial charge in [-0.05, 0) is 41.3 Å². The number of nitrogens with one attached hydrogen (secondary N) is 3. The van der Waals surface area contributed by atoms with Crippen molar-refractivity contribution in [3.05, 3.63) is 90.3 Å². The molecule has 0 saturated carbocycles. The van der Waals surface area contributed by atoms with Gasteiger partial charge in [0, 0.05) is 48.2 Å². The van der Waals surface area contributed by atoms with Crippen LogP contribution in [0.5, 0.6) is 29.1 Å². The zero-order chi connectivity index (χ0) is 45.4. The number of amides is 1. The maximum absolute atomic E-state index is 14.9. The second-order valence-electron chi connectivity index (χ2n) is 15.0. The summed E-state index contributed by atoms with van der Waals surface area (Å²) in [4.78, 5) is 27.4. The number of halogens is 3. The van der Waals surface area contributed by atoms with Crippen molar-refractivity contribution >= 4 is 53.9 Å². The van der Waals surface area contributed by atoms with Crippen LogP contribution in [0, 0.1) is 0 Å². The van der Waals surface area contributed by atoms with Crippen molar-refractivity contribution < 1.29 is 53.7 Å². The minimum absolute atomic E-state index is 0.0108. The molecule has 22 heteroatoms. The van der Waals surface area contributed by atoms with Gasteiger partial charge in [0.05, 0.1) is 67.7 Å². The van der Waals surface area contributed by atoms with E-state index in [2.05, 4.69) is 29.7 Å². The van der Waals surface area contributed by atoms with Crippen molar-refractivity contribution in [3.8, 4) is 40.3 Å². The number of hydrogen-bond acceptors (Lipinski definition) is 12. The number of aryl methyl sites for hydroxylation is 1. The number of imidazole rings is 1. The van der Waals surface area contributed by atoms with Crippen LogP contribution in [0.25, 0.3) is 22.0 Å². The number of nitrogens with zero attached hydrogens (tertiary/aromatic N) is 5. The fraction of sp³-hybridized carbons (Fsp3) is 0.300. The highest BCUT2D eigenvalue weighted by atomic mass is 32.2. The zero-order valence-corrected chi connectivity index (χ0v) is 36.3. The number of alkyl halides is 3. The van der Waals surface area contributed by atoms with E-state index in [4.69, 9.17) is 18.9 Å². The van der Waals surface area contributed by atoms with E-state index < -0.39 is 48.8 Å². The molecule has 0 saturated heterocycles. The first kappa shape index (κ1) is 45.0. The largest absolute Gasteiger partial charge is 0.494 e. The number of ether oxygens (including phenoxy) is 4. The first-order chi connectivity index (χ1) is 29.0. The Morgan fingerprint density at radius 2 is 1.50 bits per heavy atom. The summed E-state index contributed by atoms with van der Waals surface area (Å²) >= 11 is 0. The van der Waals surface area contributed by atoms with Crippen LogP contribution in [0.3, 0.4) is 0 Å². The molecule has 0 aliphatic heterocycles. The van der Waals surface area contributed by atoms with Crippen molar-refractivity contribution in [1.82, 2.24) is 24.1 Å². The maximum Gasteiger partial charge on any atom is 0.416 e. The lowest BCUT2D eigenvalue weighted by atomic mass is 9.86. The molecular formula is C40H43F3N8O9S2. The number of para-hydroxylation sites is 1. The summed E-state index contributed by atoms with van der Waals surface area (Å²) in [6, 6.07) is 10.6. The highest BCUT2D eigenvalue weighted by Gasteiger charge is 2.36. The average molecular weight is 901 g/mol. The van der Waals surface area contributed by atoms with Gasteiger partial charge < -0.3 is 33.4 Å². The van der Waals surface area contributed by atoms with Gasteiger partial charge >= 0.3 is 12.2 Å². The van der Waals surface area contributed by atoms with E-state index in [0.717, 1.165) is 25.7 Å². The molecule has 1 amide bonds. The molecule has 6 rings (SSSR count). The normalized spacial score (nSPS) is 12.2. The van der Waals surface area contributed by atoms with Gasteiger partial charge in [0.2, 0.25) is 25.9 Å². The van der Waals surface area contributed by atoms with Crippen LogP contribution in [0.4, 0.5) is 30.2 Å². The third kappa shape index (κ3) is 10.1. The molecule has 0 unspecified atom stereocenters. The predicted molar refractivity (Wildman–Crippen MR) is 226 cm³/mol. The smallest absolute Gasteiger partial charge is 0.416 e. The van der Waals surface area contributed by atoms with Crippen LogP contribution in [-0.2, 0) is 45.2 Å². The van der Waals surface area contributed by atoms with Crippen molar-refractivity contribution in [2.24, 2.45) is 7.05 Å². The molecule has 0 aliphatic carbocycles. The SMILES string of the molecule is COc1c(NC(=O)c2c(-c3cc(C(F)(F)F)cc(NS(C)(=O)=O)c3OC)c3cccc(Oc4ccnc(OCCn5ccnc5)n4)c3n2C)cc(C(C)(C)C)cc1NS(C)(=O)=O. The van der Waals surface area contributed by atoms with E-state index in [-0.39, 0.29) is 74.8 Å². The first-order valence-corrected chi connectivity index (χ1v) is 22.3. The highest BCUT2D eigenvalue weighted by molar-refractivity contribution is 7.92. The fourth-order valence-electron chi connectivity index (χ4n) is 6.63. The Morgan fingerprint density at radius 1 is 0.855 bits per heavy atom. The molecule has 0 bridgehead atoms. The summed E-state index contributed by atoms with van der Waals surface area (Å²) in [5, 5.41) is 2.97. The summed E-state index contributed by atoms with van der Waals surface area (Å²) in [6.45, 7) is 6.24. The summed E-state index contributed by atoms with van der Waals surface area (Å²) in [6.07, 6.45) is 3.13. The quantitative estimate of drug-likeness (QED) is 0.0950. The molecule has 3 aromatic heterocycles. The Balaban J connectivity index is 1.58. The fourth-order valence-corrected chi connectivity index (χ4v) is 7.73. The molecule has 3 N–H and O–H groups in total. The van der Waals surface area contributed by atoms with Gasteiger partial charge in [-0.15, -0.1) is 0 Å². The molecular weight excluding hydrogens is 858 g/mol. The number of anilines is 3. The Hall–Kier alpha value is -6.55. The number of hydrogen-bond donors (Lipinski definition) is 3. The van der Waals surface area contributed by atoms with Crippen molar-refractivity contribution in [2.45, 2.75) is 38.9 Å². The third-order valence-electron chi connectivity index (χ3n) is 9.24. The van der Waals surface area contributed by atoms with E-state index in [1.807, 2.05) is 20.8 Å². The number of sulfonamides is 2. The second kappa shape index (κ2) is 17.1. The topological polar surface area (TPSA) is 207 Å². The standard InChI is InChI=1S/C40H43F3N8O9S2/c1-39(2,3)23-19-27(36(58-6)29(20-23)49-62(8,55)56)46-37(52)34-32(26-18-24(40(41,42)43)21-28(35(26)57-5)48-61(7,53)54)25-10-9-11-30(33(25)50(34)4)60-31-12-13-45-38(47-31)59-17-16-51-15-14-44-22-51/h9-15,18-22,48-49H,16-17H2,1-8H3,(H,46,52). The van der Waals surface area contributed by atoms with E-state index in [0.29, 0.717) is 18.2 Å². The van der Waals surface area contributed by atoms with Gasteiger partial charge in [-0.2, -0.15) is 18.2 Å². The molecule has 0 atom stereocenters. The molecule has 62 heavy (non-hydrogen) atoms. The van der Waals surface area contributed by atoms with E-state index >= 15 is 0 Å². The molecule has 3 aromatic carbocycles. The van der Waals surface area contributed by atoms with Gasteiger partial charge in [0.15, 0.2) is 17.2 Å². The molecule has 3 heterocycles. The Kier molecular flexibility index (Phi) is 12.4. The van der Waals surface area contributed by atoms with E-state index in [1.165, 1.54) is 37.1 Å². The summed E-state index contributed by atoms with van der Waals surface area (Å²) in [5.74, 6) is -1.18. The molecule has 0 spiro atoms. The molecule has 0 fully saturated rings. The lowest BCUT2D eigenvalue weighted by Gasteiger charge is -2.24. The van der Waals surface area contributed by atoms with Gasteiger partial charge in [0.1, 0.15) is 12.3 Å². The summed E-state index contributed by atoms with van der Waals surface area (Å²) in [5.41, 5.74) is -2.26. The van der Waals surface area contributed by atoms with Crippen molar-refractivity contribution in [1.29, 1.82) is 0 Å². The van der Waals surface area contributed by atoms with E-state index in [1.54, 1.807) is 47.6 Å². The molecule has 330 valence electrons. The lowest BCUT2D eigenvalue weighted by Crippen LogP contribution is -2.20. The Morgan fingerprint density at radius 3 is 2.10 bits per heavy atom. The highest BCUT2D eigenvalue weighted by Crippen LogP contribution is 2.49.